The van der Waals surface area contributed by atoms with E-state index >= 15 is 0 Å². The van der Waals surface area contributed by atoms with Gasteiger partial charge in [-0.25, -0.2) is 0 Å². The zero-order chi connectivity index (χ0) is 24.6. The quantitative estimate of drug-likeness (QED) is 0.167. The minimum Gasteiger partial charge on any atom is -0.394 e. The van der Waals surface area contributed by atoms with Crippen molar-refractivity contribution in [3.05, 3.63) is 0 Å². The lowest BCUT2D eigenvalue weighted by Crippen LogP contribution is -2.68. The summed E-state index contributed by atoms with van der Waals surface area (Å²) in [6.45, 7) is -0.763. The highest BCUT2D eigenvalue weighted by Crippen LogP contribution is 2.31. The smallest absolute Gasteiger partial charge is 0.187 e. The Labute approximate surface area is 189 Å². The van der Waals surface area contributed by atoms with E-state index in [4.69, 9.17) is 41.9 Å². The standard InChI is InChI=1S/C18H36N4O11/c19-2-6-10(25)12(27)13(28)18(30-6)33-16-5(21)1-4(20)15(14(16)29)32-17-11(26)8(22)9(24)7(3-23)31-17/h4-18,23-29H,1-3,19-22H2/t4-,5+,6-,7-,8+,9-,10-,11-,12+,13-,14-,15+,16-,17+,18-/m1/s1. The van der Waals surface area contributed by atoms with E-state index in [1.54, 1.807) is 0 Å². The Bertz CT molecular complexity index is 584. The molecule has 0 aromatic rings. The van der Waals surface area contributed by atoms with Crippen LogP contribution in [0.5, 0.6) is 0 Å². The molecule has 0 unspecified atom stereocenters. The number of ether oxygens (including phenoxy) is 4. The molecule has 0 bridgehead atoms. The highest BCUT2D eigenvalue weighted by molar-refractivity contribution is 5.01. The summed E-state index contributed by atoms with van der Waals surface area (Å²) in [6, 6.07) is -2.86. The van der Waals surface area contributed by atoms with E-state index in [-0.39, 0.29) is 13.0 Å². The maximum Gasteiger partial charge on any atom is 0.187 e. The second-order valence-electron chi connectivity index (χ2n) is 8.79. The molecule has 2 heterocycles. The third-order valence-corrected chi connectivity index (χ3v) is 6.48. The molecule has 1 aliphatic carbocycles. The molecule has 0 aromatic carbocycles. The van der Waals surface area contributed by atoms with Gasteiger partial charge in [0, 0.05) is 18.6 Å². The number of aliphatic hydroxyl groups is 7. The van der Waals surface area contributed by atoms with Crippen LogP contribution in [0.25, 0.3) is 0 Å². The van der Waals surface area contributed by atoms with Gasteiger partial charge in [0.25, 0.3) is 0 Å². The van der Waals surface area contributed by atoms with E-state index in [0.717, 1.165) is 0 Å². The fourth-order valence-corrected chi connectivity index (χ4v) is 4.40. The van der Waals surface area contributed by atoms with Crippen LogP contribution in [0, 0.1) is 0 Å². The molecule has 0 spiro atoms. The second kappa shape index (κ2) is 11.0. The lowest BCUT2D eigenvalue weighted by molar-refractivity contribution is -0.332. The largest absolute Gasteiger partial charge is 0.394 e. The predicted octanol–water partition coefficient (Wildman–Crippen LogP) is -7.29. The van der Waals surface area contributed by atoms with Gasteiger partial charge in [0.15, 0.2) is 12.6 Å². The van der Waals surface area contributed by atoms with Gasteiger partial charge < -0.3 is 77.6 Å². The van der Waals surface area contributed by atoms with Crippen LogP contribution in [0.2, 0.25) is 0 Å². The van der Waals surface area contributed by atoms with Gasteiger partial charge in [-0.1, -0.05) is 0 Å². The molecule has 3 rings (SSSR count). The van der Waals surface area contributed by atoms with Crippen LogP contribution in [-0.2, 0) is 18.9 Å². The van der Waals surface area contributed by atoms with Crippen LogP contribution in [-0.4, -0.2) is 141 Å². The maximum atomic E-state index is 10.9. The Morgan fingerprint density at radius 2 is 1.18 bits per heavy atom. The van der Waals surface area contributed by atoms with Crippen molar-refractivity contribution in [2.24, 2.45) is 22.9 Å². The van der Waals surface area contributed by atoms with Gasteiger partial charge in [0.1, 0.15) is 61.0 Å². The van der Waals surface area contributed by atoms with Crippen molar-refractivity contribution in [1.29, 1.82) is 0 Å². The van der Waals surface area contributed by atoms with Gasteiger partial charge in [-0.05, 0) is 6.42 Å². The van der Waals surface area contributed by atoms with Gasteiger partial charge in [0.2, 0.25) is 0 Å². The van der Waals surface area contributed by atoms with Crippen molar-refractivity contribution in [3.8, 4) is 0 Å². The molecule has 0 aromatic heterocycles. The Morgan fingerprint density at radius 1 is 0.667 bits per heavy atom. The molecule has 0 amide bonds. The fourth-order valence-electron chi connectivity index (χ4n) is 4.40. The third kappa shape index (κ3) is 5.32. The van der Waals surface area contributed by atoms with Crippen molar-refractivity contribution in [3.63, 3.8) is 0 Å². The van der Waals surface area contributed by atoms with Crippen LogP contribution in [0.4, 0.5) is 0 Å². The Morgan fingerprint density at radius 3 is 1.70 bits per heavy atom. The third-order valence-electron chi connectivity index (χ3n) is 6.48. The average molecular weight is 485 g/mol. The zero-order valence-corrected chi connectivity index (χ0v) is 17.9. The number of rotatable bonds is 6. The minimum atomic E-state index is -1.66. The molecular formula is C18H36N4O11. The van der Waals surface area contributed by atoms with Gasteiger partial charge in [-0.2, -0.15) is 0 Å². The molecule has 2 aliphatic heterocycles. The summed E-state index contributed by atoms with van der Waals surface area (Å²) in [5.74, 6) is 0. The summed E-state index contributed by atoms with van der Waals surface area (Å²) >= 11 is 0. The molecule has 33 heavy (non-hydrogen) atoms. The highest BCUT2D eigenvalue weighted by Gasteiger charge is 2.51. The van der Waals surface area contributed by atoms with Gasteiger partial charge >= 0.3 is 0 Å². The van der Waals surface area contributed by atoms with Crippen LogP contribution in [0.1, 0.15) is 6.42 Å². The molecular weight excluding hydrogens is 448 g/mol. The fraction of sp³-hybridized carbons (Fsp3) is 1.00. The van der Waals surface area contributed by atoms with Gasteiger partial charge in [-0.15, -0.1) is 0 Å². The summed E-state index contributed by atoms with van der Waals surface area (Å²) in [5.41, 5.74) is 23.5. The van der Waals surface area contributed by atoms with Crippen molar-refractivity contribution in [2.45, 2.75) is 98.2 Å². The molecule has 3 aliphatic rings. The molecule has 194 valence electrons. The normalized spacial score (nSPS) is 53.7. The van der Waals surface area contributed by atoms with E-state index in [1.165, 1.54) is 0 Å². The number of aliphatic hydroxyl groups excluding tert-OH is 7. The molecule has 15 atom stereocenters. The first-order chi connectivity index (χ1) is 15.5. The van der Waals surface area contributed by atoms with Crippen LogP contribution in [0.15, 0.2) is 0 Å². The predicted molar refractivity (Wildman–Crippen MR) is 108 cm³/mol. The number of nitrogens with two attached hydrogens (primary N) is 4. The zero-order valence-electron chi connectivity index (χ0n) is 17.9. The highest BCUT2D eigenvalue weighted by atomic mass is 16.7. The lowest BCUT2D eigenvalue weighted by atomic mass is 9.84. The molecule has 2 saturated heterocycles. The lowest BCUT2D eigenvalue weighted by Gasteiger charge is -2.48. The summed E-state index contributed by atoms with van der Waals surface area (Å²) in [4.78, 5) is 0. The number of hydrogen-bond acceptors (Lipinski definition) is 15. The van der Waals surface area contributed by atoms with Crippen LogP contribution >= 0.6 is 0 Å². The number of hydrogen-bond donors (Lipinski definition) is 11. The molecule has 15 heteroatoms. The Kier molecular flexibility index (Phi) is 8.99. The van der Waals surface area contributed by atoms with E-state index in [0.29, 0.717) is 0 Å². The van der Waals surface area contributed by atoms with Gasteiger partial charge in [0.05, 0.1) is 12.6 Å². The minimum absolute atomic E-state index is 0.0849. The average Bonchev–Trinajstić information content (AvgIpc) is 2.79. The first kappa shape index (κ1) is 27.0. The molecule has 15 N–H and O–H groups in total. The maximum absolute atomic E-state index is 10.9. The molecule has 0 radical (unpaired) electrons. The molecule has 15 nitrogen and oxygen atoms in total. The molecule has 3 fully saturated rings. The van der Waals surface area contributed by atoms with Gasteiger partial charge in [-0.3, -0.25) is 0 Å². The van der Waals surface area contributed by atoms with E-state index < -0.39 is 98.4 Å². The first-order valence-corrected chi connectivity index (χ1v) is 10.8. The SMILES string of the molecule is NC[C@H]1O[C@H](O[C@H]2[C@H](O)[C@@H](O[C@@H]3O[C@H](CO)[C@@H](O)[C@H](N)[C@H]3O)[C@H](N)C[C@@H]2N)[C@H](O)[C@@H](O)[C@@H]1O. The summed E-state index contributed by atoms with van der Waals surface area (Å²) in [6.07, 6.45) is -16.5. The van der Waals surface area contributed by atoms with Crippen molar-refractivity contribution < 1.29 is 54.7 Å². The van der Waals surface area contributed by atoms with Crippen LogP contribution in [0.3, 0.4) is 0 Å². The van der Waals surface area contributed by atoms with Crippen LogP contribution < -0.4 is 22.9 Å². The van der Waals surface area contributed by atoms with E-state index in [9.17, 15) is 35.7 Å². The first-order valence-electron chi connectivity index (χ1n) is 10.8. The second-order valence-corrected chi connectivity index (χ2v) is 8.79. The van der Waals surface area contributed by atoms with Crippen molar-refractivity contribution in [1.82, 2.24) is 0 Å². The Balaban J connectivity index is 1.72. The monoisotopic (exact) mass is 484 g/mol. The van der Waals surface area contributed by atoms with E-state index in [2.05, 4.69) is 0 Å². The van der Waals surface area contributed by atoms with Crippen molar-refractivity contribution in [2.75, 3.05) is 13.2 Å². The topological polar surface area (TPSA) is 283 Å². The van der Waals surface area contributed by atoms with E-state index in [1.807, 2.05) is 0 Å². The summed E-state index contributed by atoms with van der Waals surface area (Å²) in [7, 11) is 0. The summed E-state index contributed by atoms with van der Waals surface area (Å²) < 4.78 is 22.2. The van der Waals surface area contributed by atoms with Crippen molar-refractivity contribution >= 4 is 0 Å². The Hall–Kier alpha value is -0.600. The molecule has 1 saturated carbocycles. The summed E-state index contributed by atoms with van der Waals surface area (Å²) in [5, 5.41) is 70.9.